The molecule has 3 aliphatic heterocycles. The molecule has 1 atom stereocenters. The topological polar surface area (TPSA) is 24.5 Å². The lowest BCUT2D eigenvalue weighted by molar-refractivity contribution is 0.200. The molecule has 36 heavy (non-hydrogen) atoms. The van der Waals surface area contributed by atoms with Crippen LogP contribution in [0.5, 0.6) is 5.75 Å². The van der Waals surface area contributed by atoms with Crippen molar-refractivity contribution in [1.29, 1.82) is 0 Å². The Kier molecular flexibility index (Phi) is 5.23. The highest BCUT2D eigenvalue weighted by molar-refractivity contribution is 5.66. The van der Waals surface area contributed by atoms with Crippen LogP contribution in [0.4, 0.5) is 11.4 Å². The van der Waals surface area contributed by atoms with Gasteiger partial charge in [0, 0.05) is 53.3 Å². The van der Waals surface area contributed by atoms with Gasteiger partial charge in [0.15, 0.2) is 0 Å². The zero-order chi connectivity index (χ0) is 25.3. The highest BCUT2D eigenvalue weighted by Crippen LogP contribution is 2.48. The molecule has 0 fully saturated rings. The standard InChI is InChI=1S/C33H40N2O/c1-31(2)15-16-34-29-18-24(13-14-25(29)31)35-19-23-12-11-22(17-27(23)32(3,4)21-35)28-20-36-30-10-8-7-9-26(30)33(28,5)6/h7-14,17-18,28,34H,15-16,19-21H2,1-6H3. The molecule has 3 aliphatic rings. The SMILES string of the molecule is CC1(C)CN(c2ccc3c(c2)NCCC3(C)C)Cc2ccc(C3COc4ccccc4C3(C)C)cc21. The van der Waals surface area contributed by atoms with Crippen molar-refractivity contribution < 1.29 is 4.74 Å². The Morgan fingerprint density at radius 3 is 2.47 bits per heavy atom. The molecule has 1 N–H and O–H groups in total. The van der Waals surface area contributed by atoms with Gasteiger partial charge < -0.3 is 15.0 Å². The van der Waals surface area contributed by atoms with Crippen LogP contribution in [0.3, 0.4) is 0 Å². The number of fused-ring (bicyclic) bond motifs is 3. The van der Waals surface area contributed by atoms with E-state index in [9.17, 15) is 0 Å². The summed E-state index contributed by atoms with van der Waals surface area (Å²) in [5.41, 5.74) is 10.0. The van der Waals surface area contributed by atoms with Crippen molar-refractivity contribution in [1.82, 2.24) is 0 Å². The van der Waals surface area contributed by atoms with Gasteiger partial charge in [-0.05, 0) is 52.3 Å². The maximum absolute atomic E-state index is 6.24. The second-order valence-corrected chi connectivity index (χ2v) is 13.0. The van der Waals surface area contributed by atoms with Crippen molar-refractivity contribution in [3.8, 4) is 5.75 Å². The molecule has 3 heterocycles. The van der Waals surface area contributed by atoms with E-state index >= 15 is 0 Å². The molecule has 0 saturated carbocycles. The number of ether oxygens (including phenoxy) is 1. The molecule has 0 amide bonds. The molecule has 0 aliphatic carbocycles. The number of para-hydroxylation sites is 1. The minimum absolute atomic E-state index is 0.0256. The van der Waals surface area contributed by atoms with Gasteiger partial charge in [-0.3, -0.25) is 0 Å². The van der Waals surface area contributed by atoms with Gasteiger partial charge in [0.25, 0.3) is 0 Å². The fourth-order valence-corrected chi connectivity index (χ4v) is 6.90. The fraction of sp³-hybridized carbons (Fsp3) is 0.455. The van der Waals surface area contributed by atoms with Crippen molar-refractivity contribution >= 4 is 11.4 Å². The molecule has 6 rings (SSSR count). The lowest BCUT2D eigenvalue weighted by atomic mass is 9.68. The maximum Gasteiger partial charge on any atom is 0.123 e. The highest BCUT2D eigenvalue weighted by Gasteiger charge is 2.40. The van der Waals surface area contributed by atoms with Crippen LogP contribution >= 0.6 is 0 Å². The van der Waals surface area contributed by atoms with Gasteiger partial charge in [-0.2, -0.15) is 0 Å². The minimum atomic E-state index is 0.0256. The minimum Gasteiger partial charge on any atom is -0.493 e. The second-order valence-electron chi connectivity index (χ2n) is 13.0. The van der Waals surface area contributed by atoms with Crippen molar-refractivity contribution in [3.05, 3.63) is 88.5 Å². The Labute approximate surface area is 216 Å². The third kappa shape index (κ3) is 3.70. The van der Waals surface area contributed by atoms with Crippen LogP contribution in [-0.4, -0.2) is 19.7 Å². The fourth-order valence-electron chi connectivity index (χ4n) is 6.90. The molecule has 0 radical (unpaired) electrons. The molecule has 0 spiro atoms. The first-order valence-electron chi connectivity index (χ1n) is 13.6. The van der Waals surface area contributed by atoms with E-state index in [0.29, 0.717) is 5.92 Å². The molecular formula is C33H40N2O. The molecule has 0 bridgehead atoms. The van der Waals surface area contributed by atoms with Gasteiger partial charge in [-0.15, -0.1) is 0 Å². The molecule has 3 aromatic rings. The lowest BCUT2D eigenvalue weighted by Crippen LogP contribution is -2.43. The van der Waals surface area contributed by atoms with E-state index in [-0.39, 0.29) is 16.2 Å². The number of anilines is 2. The zero-order valence-corrected chi connectivity index (χ0v) is 22.7. The van der Waals surface area contributed by atoms with E-state index in [1.807, 2.05) is 0 Å². The normalized spacial score (nSPS) is 22.9. The average molecular weight is 481 g/mol. The van der Waals surface area contributed by atoms with Crippen molar-refractivity contribution in [3.63, 3.8) is 0 Å². The van der Waals surface area contributed by atoms with Crippen molar-refractivity contribution in [2.45, 2.75) is 76.7 Å². The first-order chi connectivity index (χ1) is 17.1. The van der Waals surface area contributed by atoms with E-state index in [1.54, 1.807) is 0 Å². The summed E-state index contributed by atoms with van der Waals surface area (Å²) in [7, 11) is 0. The summed E-state index contributed by atoms with van der Waals surface area (Å²) >= 11 is 0. The Bertz CT molecular complexity index is 1320. The van der Waals surface area contributed by atoms with Crippen LogP contribution < -0.4 is 15.0 Å². The summed E-state index contributed by atoms with van der Waals surface area (Å²) in [5.74, 6) is 1.37. The third-order valence-electron chi connectivity index (χ3n) is 9.23. The largest absolute Gasteiger partial charge is 0.493 e. The summed E-state index contributed by atoms with van der Waals surface area (Å²) < 4.78 is 6.24. The van der Waals surface area contributed by atoms with Gasteiger partial charge in [-0.25, -0.2) is 0 Å². The quantitative estimate of drug-likeness (QED) is 0.410. The van der Waals surface area contributed by atoms with Crippen LogP contribution in [-0.2, 0) is 22.8 Å². The maximum atomic E-state index is 6.24. The predicted octanol–water partition coefficient (Wildman–Crippen LogP) is 7.53. The monoisotopic (exact) mass is 480 g/mol. The Morgan fingerprint density at radius 2 is 1.64 bits per heavy atom. The van der Waals surface area contributed by atoms with Crippen LogP contribution in [0.1, 0.15) is 81.7 Å². The summed E-state index contributed by atoms with van der Waals surface area (Å²) in [6.45, 7) is 18.0. The van der Waals surface area contributed by atoms with E-state index in [2.05, 4.69) is 112 Å². The number of nitrogens with zero attached hydrogens (tertiary/aromatic N) is 1. The van der Waals surface area contributed by atoms with E-state index in [4.69, 9.17) is 4.74 Å². The Morgan fingerprint density at radius 1 is 0.833 bits per heavy atom. The molecule has 188 valence electrons. The van der Waals surface area contributed by atoms with Gasteiger partial charge in [-0.1, -0.05) is 84.0 Å². The lowest BCUT2D eigenvalue weighted by Gasteiger charge is -2.44. The summed E-state index contributed by atoms with van der Waals surface area (Å²) in [6, 6.07) is 22.8. The molecule has 3 nitrogen and oxygen atoms in total. The molecule has 0 saturated heterocycles. The van der Waals surface area contributed by atoms with Gasteiger partial charge in [0.2, 0.25) is 0 Å². The Hall–Kier alpha value is -2.94. The average Bonchev–Trinajstić information content (AvgIpc) is 2.83. The van der Waals surface area contributed by atoms with E-state index < -0.39 is 0 Å². The summed E-state index contributed by atoms with van der Waals surface area (Å²) in [5, 5.41) is 3.66. The Balaban J connectivity index is 1.32. The molecular weight excluding hydrogens is 440 g/mol. The first-order valence-corrected chi connectivity index (χ1v) is 13.6. The second kappa shape index (κ2) is 8.03. The van der Waals surface area contributed by atoms with Gasteiger partial charge >= 0.3 is 0 Å². The third-order valence-corrected chi connectivity index (χ3v) is 9.23. The first kappa shape index (κ1) is 23.5. The zero-order valence-electron chi connectivity index (χ0n) is 22.7. The molecule has 3 aromatic carbocycles. The molecule has 0 aromatic heterocycles. The van der Waals surface area contributed by atoms with Crippen LogP contribution in [0.15, 0.2) is 60.7 Å². The van der Waals surface area contributed by atoms with Gasteiger partial charge in [0.1, 0.15) is 5.75 Å². The summed E-state index contributed by atoms with van der Waals surface area (Å²) in [6.07, 6.45) is 1.18. The van der Waals surface area contributed by atoms with Crippen LogP contribution in [0.2, 0.25) is 0 Å². The van der Waals surface area contributed by atoms with Gasteiger partial charge in [0.05, 0.1) is 6.61 Å². The summed E-state index contributed by atoms with van der Waals surface area (Å²) in [4.78, 5) is 2.56. The highest BCUT2D eigenvalue weighted by atomic mass is 16.5. The van der Waals surface area contributed by atoms with E-state index in [1.165, 1.54) is 45.6 Å². The van der Waals surface area contributed by atoms with Crippen molar-refractivity contribution in [2.24, 2.45) is 0 Å². The number of nitrogens with one attached hydrogen (secondary N) is 1. The smallest absolute Gasteiger partial charge is 0.123 e. The van der Waals surface area contributed by atoms with Crippen LogP contribution in [0, 0.1) is 0 Å². The van der Waals surface area contributed by atoms with Crippen LogP contribution in [0.25, 0.3) is 0 Å². The number of rotatable bonds is 2. The number of benzene rings is 3. The van der Waals surface area contributed by atoms with Crippen molar-refractivity contribution in [2.75, 3.05) is 29.9 Å². The molecule has 3 heteroatoms. The number of hydrogen-bond donors (Lipinski definition) is 1. The predicted molar refractivity (Wildman–Crippen MR) is 151 cm³/mol. The number of hydrogen-bond acceptors (Lipinski definition) is 3. The molecule has 1 unspecified atom stereocenters. The van der Waals surface area contributed by atoms with E-state index in [0.717, 1.165) is 32.0 Å².